The van der Waals surface area contributed by atoms with Gasteiger partial charge in [-0.1, -0.05) is 19.9 Å². The molecule has 1 aromatic heterocycles. The molecule has 2 aromatic rings. The van der Waals surface area contributed by atoms with Crippen LogP contribution in [0, 0.1) is 23.0 Å². The van der Waals surface area contributed by atoms with E-state index in [1.807, 2.05) is 42.8 Å². The summed E-state index contributed by atoms with van der Waals surface area (Å²) in [6.07, 6.45) is 4.15. The zero-order valence-corrected chi connectivity index (χ0v) is 17.7. The van der Waals surface area contributed by atoms with Crippen molar-refractivity contribution in [3.63, 3.8) is 0 Å². The monoisotopic (exact) mass is 414 g/mol. The minimum atomic E-state index is -0.776. The van der Waals surface area contributed by atoms with Crippen molar-refractivity contribution in [3.8, 4) is 6.07 Å². The Hall–Kier alpha value is -3.01. The summed E-state index contributed by atoms with van der Waals surface area (Å²) in [5.74, 6) is -0.174. The summed E-state index contributed by atoms with van der Waals surface area (Å²) in [6.45, 7) is 6.37. The average Bonchev–Trinajstić information content (AvgIpc) is 3.18. The largest absolute Gasteiger partial charge is 0.358 e. The predicted molar refractivity (Wildman–Crippen MR) is 113 cm³/mol. The van der Waals surface area contributed by atoms with E-state index in [1.54, 1.807) is 18.3 Å². The van der Waals surface area contributed by atoms with E-state index in [9.17, 15) is 13.6 Å². The summed E-state index contributed by atoms with van der Waals surface area (Å²) >= 11 is 0. The molecule has 2 heterocycles. The number of carbonyl (C=O) groups is 1. The maximum atomic E-state index is 12.7. The van der Waals surface area contributed by atoms with Crippen LogP contribution in [-0.4, -0.2) is 42.5 Å². The Kier molecular flexibility index (Phi) is 8.72. The molecule has 1 fully saturated rings. The number of carbonyl (C=O) groups excluding carboxylic acids is 1. The fourth-order valence-electron chi connectivity index (χ4n) is 3.06. The van der Waals surface area contributed by atoms with Gasteiger partial charge in [-0.05, 0) is 48.6 Å². The van der Waals surface area contributed by atoms with Crippen LogP contribution < -0.4 is 4.90 Å². The van der Waals surface area contributed by atoms with Gasteiger partial charge in [0.15, 0.2) is 11.6 Å². The van der Waals surface area contributed by atoms with Gasteiger partial charge in [-0.3, -0.25) is 4.79 Å². The molecule has 0 N–H and O–H groups in total. The van der Waals surface area contributed by atoms with E-state index < -0.39 is 11.6 Å². The van der Waals surface area contributed by atoms with E-state index in [2.05, 4.69) is 4.98 Å². The lowest BCUT2D eigenvalue weighted by Gasteiger charge is -2.22. The second-order valence-corrected chi connectivity index (χ2v) is 7.41. The first-order valence-electron chi connectivity index (χ1n) is 10.2. The molecule has 1 saturated heterocycles. The van der Waals surface area contributed by atoms with Crippen molar-refractivity contribution in [2.45, 2.75) is 39.0 Å². The average molecular weight is 415 g/mol. The number of anilines is 1. The van der Waals surface area contributed by atoms with Gasteiger partial charge < -0.3 is 9.80 Å². The van der Waals surface area contributed by atoms with E-state index in [1.165, 1.54) is 12.1 Å². The van der Waals surface area contributed by atoms with Crippen LogP contribution in [0.1, 0.15) is 50.2 Å². The zero-order chi connectivity index (χ0) is 22.1. The number of nitrogens with zero attached hydrogens (tertiary/aromatic N) is 4. The maximum absolute atomic E-state index is 12.7. The fraction of sp³-hybridized carbons (Fsp3) is 0.435. The third kappa shape index (κ3) is 6.51. The molecule has 0 bridgehead atoms. The first kappa shape index (κ1) is 23.3. The Bertz CT molecular complexity index is 880. The molecule has 30 heavy (non-hydrogen) atoms. The van der Waals surface area contributed by atoms with Crippen molar-refractivity contribution >= 4 is 11.7 Å². The summed E-state index contributed by atoms with van der Waals surface area (Å²) in [6, 6.07) is 9.69. The van der Waals surface area contributed by atoms with Crippen molar-refractivity contribution in [3.05, 3.63) is 59.3 Å². The van der Waals surface area contributed by atoms with E-state index >= 15 is 0 Å². The van der Waals surface area contributed by atoms with E-state index in [-0.39, 0.29) is 5.91 Å². The molecular weight excluding hydrogens is 386 g/mol. The van der Waals surface area contributed by atoms with Crippen molar-refractivity contribution in [2.24, 2.45) is 0 Å². The minimum Gasteiger partial charge on any atom is -0.358 e. The Morgan fingerprint density at radius 2 is 2.03 bits per heavy atom. The number of aromatic nitrogens is 1. The van der Waals surface area contributed by atoms with Crippen LogP contribution in [0.4, 0.5) is 14.6 Å². The molecule has 0 aliphatic carbocycles. The number of likely N-dealkylation sites (N-methyl/N-ethyl adjacent to an activating group) is 1. The van der Waals surface area contributed by atoms with Crippen LogP contribution in [0.5, 0.6) is 0 Å². The second-order valence-electron chi connectivity index (χ2n) is 7.41. The molecular formula is C23H28F2N4O. The molecule has 1 unspecified atom stereocenters. The third-order valence-corrected chi connectivity index (χ3v) is 5.27. The standard InChI is InChI=1S/C13H16N4O.C10H12F2/c1-16(7-8-17-6-2-3-13(17)18)12-5-4-11(9-14)10-15-12;1-3-7(2)8-4-5-9(11)10(12)6-8/h4-5,10H,2-3,6-8H2,1H3;4-7H,3H2,1-2H3. The zero-order valence-electron chi connectivity index (χ0n) is 17.7. The highest BCUT2D eigenvalue weighted by Gasteiger charge is 2.19. The number of benzene rings is 1. The summed E-state index contributed by atoms with van der Waals surface area (Å²) < 4.78 is 25.2. The van der Waals surface area contributed by atoms with Gasteiger partial charge in [0.2, 0.25) is 5.91 Å². The van der Waals surface area contributed by atoms with Crippen LogP contribution >= 0.6 is 0 Å². The van der Waals surface area contributed by atoms with Crippen LogP contribution in [-0.2, 0) is 4.79 Å². The number of amides is 1. The lowest BCUT2D eigenvalue weighted by molar-refractivity contribution is -0.127. The van der Waals surface area contributed by atoms with E-state index in [0.29, 0.717) is 17.9 Å². The molecule has 1 atom stereocenters. The number of likely N-dealkylation sites (tertiary alicyclic amines) is 1. The molecule has 1 amide bonds. The summed E-state index contributed by atoms with van der Waals surface area (Å²) in [5, 5.41) is 8.70. The van der Waals surface area contributed by atoms with Gasteiger partial charge in [0.1, 0.15) is 11.9 Å². The van der Waals surface area contributed by atoms with Gasteiger partial charge in [0.05, 0.1) is 5.56 Å². The molecule has 0 saturated carbocycles. The van der Waals surface area contributed by atoms with Crippen LogP contribution in [0.15, 0.2) is 36.5 Å². The molecule has 0 radical (unpaired) electrons. The number of rotatable bonds is 6. The van der Waals surface area contributed by atoms with Crippen molar-refractivity contribution in [1.82, 2.24) is 9.88 Å². The minimum absolute atomic E-state index is 0.246. The summed E-state index contributed by atoms with van der Waals surface area (Å²) in [4.78, 5) is 19.6. The first-order valence-corrected chi connectivity index (χ1v) is 10.2. The highest BCUT2D eigenvalue weighted by atomic mass is 19.2. The van der Waals surface area contributed by atoms with Gasteiger partial charge in [0, 0.05) is 39.3 Å². The van der Waals surface area contributed by atoms with Crippen LogP contribution in [0.3, 0.4) is 0 Å². The summed E-state index contributed by atoms with van der Waals surface area (Å²) in [5.41, 5.74) is 1.42. The Labute approximate surface area is 176 Å². The number of hydrogen-bond donors (Lipinski definition) is 0. The smallest absolute Gasteiger partial charge is 0.222 e. The molecule has 7 heteroatoms. The highest BCUT2D eigenvalue weighted by molar-refractivity contribution is 5.78. The molecule has 3 rings (SSSR count). The number of halogens is 2. The quantitative estimate of drug-likeness (QED) is 0.699. The molecule has 1 aliphatic rings. The molecule has 0 spiro atoms. The number of hydrogen-bond acceptors (Lipinski definition) is 4. The fourth-order valence-corrected chi connectivity index (χ4v) is 3.06. The van der Waals surface area contributed by atoms with E-state index in [4.69, 9.17) is 5.26 Å². The van der Waals surface area contributed by atoms with E-state index in [0.717, 1.165) is 43.9 Å². The molecule has 160 valence electrons. The number of nitriles is 1. The lowest BCUT2D eigenvalue weighted by Crippen LogP contribution is -2.34. The molecule has 1 aromatic carbocycles. The highest BCUT2D eigenvalue weighted by Crippen LogP contribution is 2.20. The van der Waals surface area contributed by atoms with Crippen molar-refractivity contribution in [2.75, 3.05) is 31.6 Å². The third-order valence-electron chi connectivity index (χ3n) is 5.27. The maximum Gasteiger partial charge on any atom is 0.222 e. The van der Waals surface area contributed by atoms with Crippen molar-refractivity contribution < 1.29 is 13.6 Å². The van der Waals surface area contributed by atoms with Crippen molar-refractivity contribution in [1.29, 1.82) is 5.26 Å². The lowest BCUT2D eigenvalue weighted by atomic mass is 9.99. The molecule has 1 aliphatic heterocycles. The van der Waals surface area contributed by atoms with Crippen LogP contribution in [0.2, 0.25) is 0 Å². The normalized spacial score (nSPS) is 14.0. The van der Waals surface area contributed by atoms with Crippen LogP contribution in [0.25, 0.3) is 0 Å². The second kappa shape index (κ2) is 11.2. The van der Waals surface area contributed by atoms with Gasteiger partial charge in [-0.15, -0.1) is 0 Å². The SMILES string of the molecule is CCC(C)c1ccc(F)c(F)c1.CN(CCN1CCCC1=O)c1ccc(C#N)cn1. The Morgan fingerprint density at radius 3 is 2.57 bits per heavy atom. The topological polar surface area (TPSA) is 60.2 Å². The number of pyridine rings is 1. The van der Waals surface area contributed by atoms with Gasteiger partial charge in [0.25, 0.3) is 0 Å². The van der Waals surface area contributed by atoms with Gasteiger partial charge in [-0.2, -0.15) is 5.26 Å². The predicted octanol–water partition coefficient (Wildman–Crippen LogP) is 4.49. The first-order chi connectivity index (χ1) is 14.3. The Morgan fingerprint density at radius 1 is 1.27 bits per heavy atom. The Balaban J connectivity index is 0.000000232. The molecule has 5 nitrogen and oxygen atoms in total. The summed E-state index contributed by atoms with van der Waals surface area (Å²) in [7, 11) is 1.94. The van der Waals surface area contributed by atoms with Gasteiger partial charge in [-0.25, -0.2) is 13.8 Å². The van der Waals surface area contributed by atoms with Gasteiger partial charge >= 0.3 is 0 Å².